The Labute approximate surface area is 318 Å². The number of imidazole rings is 1. The SMILES string of the molecule is CC(C)(COP(=O)([O-])OP(=O)([O-])OC[C@H]1O[C@@H](n2cnc3c(N)ncnc32)[C@H](O)[C@@H]1OP(=O)([O-])[O-])[C@@H](O)C(=O)NCCC(=O)NCCSC(=O)C[N+](C)(C)C. The molecule has 0 radical (unpaired) electrons. The average molecular weight is 864 g/mol. The van der Waals surface area contributed by atoms with Gasteiger partial charge in [0.05, 0.1) is 48.5 Å². The summed E-state index contributed by atoms with van der Waals surface area (Å²) < 4.78 is 60.9. The number of aliphatic hydroxyl groups is 2. The van der Waals surface area contributed by atoms with E-state index in [0.717, 1.165) is 29.0 Å². The molecular formula is C26H42N8O17P3S-3. The van der Waals surface area contributed by atoms with Gasteiger partial charge in [0.2, 0.25) is 16.9 Å². The summed E-state index contributed by atoms with van der Waals surface area (Å²) in [5, 5.41) is 26.1. The zero-order chi connectivity index (χ0) is 41.6. The topological polar surface area (TPSA) is 375 Å². The summed E-state index contributed by atoms with van der Waals surface area (Å²) in [5.41, 5.74) is 4.07. The number of phosphoric acid groups is 3. The number of carbonyl (C=O) groups excluding carboxylic acids is 3. The van der Waals surface area contributed by atoms with Crippen molar-refractivity contribution in [3.8, 4) is 0 Å². The summed E-state index contributed by atoms with van der Waals surface area (Å²) in [4.78, 5) is 95.8. The Morgan fingerprint density at radius 3 is 2.36 bits per heavy atom. The Bertz CT molecular complexity index is 1820. The number of rotatable bonds is 21. The van der Waals surface area contributed by atoms with E-state index in [0.29, 0.717) is 16.8 Å². The molecule has 0 saturated carbocycles. The number of nitrogens with zero attached hydrogens (tertiary/aromatic N) is 5. The van der Waals surface area contributed by atoms with E-state index < -0.39 is 84.6 Å². The average Bonchev–Trinajstić information content (AvgIpc) is 3.60. The number of hydrogen-bond donors (Lipinski definition) is 5. The van der Waals surface area contributed by atoms with E-state index in [2.05, 4.69) is 43.5 Å². The molecule has 3 rings (SSSR count). The third kappa shape index (κ3) is 14.8. The number of thioether (sulfide) groups is 1. The molecule has 6 N–H and O–H groups in total. The van der Waals surface area contributed by atoms with Crippen LogP contribution in [-0.2, 0) is 50.7 Å². The molecule has 7 atom stereocenters. The molecule has 1 fully saturated rings. The molecule has 2 aromatic rings. The van der Waals surface area contributed by atoms with Crippen LogP contribution in [0.2, 0.25) is 0 Å². The van der Waals surface area contributed by atoms with Crippen LogP contribution in [0.5, 0.6) is 0 Å². The third-order valence-electron chi connectivity index (χ3n) is 7.34. The number of likely N-dealkylation sites (N-methyl/N-ethyl adjacent to an activating group) is 1. The molecule has 0 aliphatic carbocycles. The quantitative estimate of drug-likeness (QED) is 0.0452. The highest BCUT2D eigenvalue weighted by Crippen LogP contribution is 2.56. The first-order chi connectivity index (χ1) is 25.2. The predicted molar refractivity (Wildman–Crippen MR) is 181 cm³/mol. The van der Waals surface area contributed by atoms with Crippen molar-refractivity contribution >= 4 is 69.1 Å². The van der Waals surface area contributed by atoms with Gasteiger partial charge in [0.15, 0.2) is 17.7 Å². The Morgan fingerprint density at radius 2 is 1.73 bits per heavy atom. The van der Waals surface area contributed by atoms with E-state index in [-0.39, 0.29) is 41.6 Å². The number of nitrogen functional groups attached to an aromatic ring is 1. The van der Waals surface area contributed by atoms with Crippen LogP contribution in [0, 0.1) is 5.41 Å². The lowest BCUT2D eigenvalue weighted by Gasteiger charge is -2.36. The van der Waals surface area contributed by atoms with E-state index >= 15 is 0 Å². The summed E-state index contributed by atoms with van der Waals surface area (Å²) in [7, 11) is -12.0. The molecule has 25 nitrogen and oxygen atoms in total. The van der Waals surface area contributed by atoms with Gasteiger partial charge in [-0.3, -0.25) is 28.1 Å². The molecule has 3 heterocycles. The van der Waals surface area contributed by atoms with Crippen molar-refractivity contribution in [3.05, 3.63) is 12.7 Å². The van der Waals surface area contributed by atoms with Gasteiger partial charge in [-0.25, -0.2) is 19.3 Å². The number of carbonyl (C=O) groups is 3. The zero-order valence-corrected chi connectivity index (χ0v) is 33.6. The number of aromatic nitrogens is 4. The first-order valence-electron chi connectivity index (χ1n) is 16.0. The summed E-state index contributed by atoms with van der Waals surface area (Å²) in [5.74, 6) is -1.20. The van der Waals surface area contributed by atoms with Crippen molar-refractivity contribution in [3.63, 3.8) is 0 Å². The molecule has 0 aromatic carbocycles. The van der Waals surface area contributed by atoms with Gasteiger partial charge in [0.25, 0.3) is 15.6 Å². The maximum Gasteiger partial charge on any atom is 0.274 e. The van der Waals surface area contributed by atoms with Crippen LogP contribution in [0.4, 0.5) is 5.82 Å². The number of anilines is 1. The van der Waals surface area contributed by atoms with Crippen LogP contribution in [0.25, 0.3) is 11.2 Å². The molecule has 2 aromatic heterocycles. The van der Waals surface area contributed by atoms with Gasteiger partial charge in [-0.2, -0.15) is 0 Å². The van der Waals surface area contributed by atoms with Gasteiger partial charge in [-0.1, -0.05) is 25.6 Å². The molecule has 312 valence electrons. The maximum absolute atomic E-state index is 12.5. The summed E-state index contributed by atoms with van der Waals surface area (Å²) in [6, 6.07) is 0. The first-order valence-corrected chi connectivity index (χ1v) is 21.3. The van der Waals surface area contributed by atoms with Gasteiger partial charge in [0, 0.05) is 30.7 Å². The Morgan fingerprint density at radius 1 is 1.07 bits per heavy atom. The van der Waals surface area contributed by atoms with Crippen molar-refractivity contribution in [2.75, 3.05) is 65.5 Å². The summed E-state index contributed by atoms with van der Waals surface area (Å²) >= 11 is 1.07. The van der Waals surface area contributed by atoms with Crippen molar-refractivity contribution in [1.82, 2.24) is 30.2 Å². The second-order valence-corrected chi connectivity index (χ2v) is 18.9. The number of hydrogen-bond acceptors (Lipinski definition) is 22. The normalized spacial score (nSPS) is 22.2. The minimum absolute atomic E-state index is 0.0212. The lowest BCUT2D eigenvalue weighted by atomic mass is 9.87. The number of aliphatic hydroxyl groups excluding tert-OH is 2. The van der Waals surface area contributed by atoms with E-state index in [9.17, 15) is 57.9 Å². The molecule has 0 spiro atoms. The Kier molecular flexibility index (Phi) is 16.1. The van der Waals surface area contributed by atoms with E-state index in [1.54, 1.807) is 0 Å². The molecule has 0 bridgehead atoms. The van der Waals surface area contributed by atoms with Gasteiger partial charge in [-0.15, -0.1) is 0 Å². The largest absolute Gasteiger partial charge is 0.790 e. The summed E-state index contributed by atoms with van der Waals surface area (Å²) in [6.45, 7) is 0.416. The van der Waals surface area contributed by atoms with E-state index in [1.807, 2.05) is 21.1 Å². The molecule has 2 unspecified atom stereocenters. The molecule has 55 heavy (non-hydrogen) atoms. The Balaban J connectivity index is 1.50. The number of amides is 2. The highest BCUT2D eigenvalue weighted by molar-refractivity contribution is 8.13. The lowest BCUT2D eigenvalue weighted by Crippen LogP contribution is -2.46. The minimum atomic E-state index is -5.91. The highest BCUT2D eigenvalue weighted by atomic mass is 32.2. The first kappa shape index (κ1) is 46.9. The predicted octanol–water partition coefficient (Wildman–Crippen LogP) is -4.16. The number of fused-ring (bicyclic) bond motifs is 1. The molecule has 1 aliphatic heterocycles. The molecular weight excluding hydrogens is 821 g/mol. The van der Waals surface area contributed by atoms with Gasteiger partial charge in [0.1, 0.15) is 42.8 Å². The highest BCUT2D eigenvalue weighted by Gasteiger charge is 2.47. The second-order valence-electron chi connectivity index (χ2n) is 13.7. The van der Waals surface area contributed by atoms with Crippen molar-refractivity contribution in [1.29, 1.82) is 0 Å². The van der Waals surface area contributed by atoms with Gasteiger partial charge >= 0.3 is 0 Å². The number of quaternary nitrogens is 1. The number of phosphoric ester groups is 3. The van der Waals surface area contributed by atoms with Crippen molar-refractivity contribution in [2.24, 2.45) is 5.41 Å². The van der Waals surface area contributed by atoms with Crippen LogP contribution >= 0.6 is 35.2 Å². The van der Waals surface area contributed by atoms with Crippen molar-refractivity contribution in [2.45, 2.75) is 50.9 Å². The molecule has 29 heteroatoms. The fraction of sp³-hybridized carbons (Fsp3) is 0.692. The van der Waals surface area contributed by atoms with Crippen LogP contribution in [-0.4, -0.2) is 135 Å². The standard InChI is InChI=1S/C26H45N8O17P3S/c1-26(2,21(38)24(39)29-7-6-16(35)28-8-9-55-17(36)10-34(3,4)5)12-48-54(45,46)51-53(43,44)47-11-15-20(50-52(40,41)42)19(37)25(49-15)33-14-32-18-22(27)30-13-31-23(18)33/h13-15,19-21,25,37-38H,6-12H2,1-5H3,(H7-,27,28,29,30,31,35,39,40,41,42,43,44,45,46)/p-3/t15-,19-,20-,21+,25-/m1/s1. The van der Waals surface area contributed by atoms with E-state index in [4.69, 9.17) is 10.5 Å². The lowest BCUT2D eigenvalue weighted by molar-refractivity contribution is -0.861. The zero-order valence-electron chi connectivity index (χ0n) is 30.1. The van der Waals surface area contributed by atoms with Crippen molar-refractivity contribution < 1.29 is 85.0 Å². The smallest absolute Gasteiger partial charge is 0.274 e. The van der Waals surface area contributed by atoms with Crippen LogP contribution < -0.4 is 35.9 Å². The van der Waals surface area contributed by atoms with Gasteiger partial charge in [-0.05, 0) is 0 Å². The fourth-order valence-electron chi connectivity index (χ4n) is 4.71. The van der Waals surface area contributed by atoms with Crippen LogP contribution in [0.1, 0.15) is 26.5 Å². The monoisotopic (exact) mass is 863 g/mol. The second kappa shape index (κ2) is 18.9. The van der Waals surface area contributed by atoms with E-state index in [1.165, 1.54) is 13.8 Å². The van der Waals surface area contributed by atoms with Crippen LogP contribution in [0.3, 0.4) is 0 Å². The van der Waals surface area contributed by atoms with Crippen LogP contribution in [0.15, 0.2) is 12.7 Å². The molecule has 2 amide bonds. The number of ether oxygens (including phenoxy) is 1. The maximum atomic E-state index is 12.5. The third-order valence-corrected chi connectivity index (χ3v) is 11.2. The Hall–Kier alpha value is -2.48. The molecule has 1 aliphatic rings. The number of nitrogens with one attached hydrogen (secondary N) is 2. The number of nitrogens with two attached hydrogens (primary N) is 1. The van der Waals surface area contributed by atoms with Gasteiger partial charge < -0.3 is 73.5 Å². The minimum Gasteiger partial charge on any atom is -0.790 e. The summed E-state index contributed by atoms with van der Waals surface area (Å²) in [6.07, 6.45) is -7.58. The molecule has 1 saturated heterocycles. The fourth-order valence-corrected chi connectivity index (χ4v) is 8.35.